The van der Waals surface area contributed by atoms with Gasteiger partial charge in [-0.3, -0.25) is 0 Å². The molecular formula is C11H19NO3. The van der Waals surface area contributed by atoms with Crippen molar-refractivity contribution in [3.05, 3.63) is 0 Å². The Bertz CT molecular complexity index is 271. The van der Waals surface area contributed by atoms with Crippen molar-refractivity contribution in [2.45, 2.75) is 51.4 Å². The normalized spacial score (nSPS) is 34.7. The van der Waals surface area contributed by atoms with Crippen LogP contribution in [0.3, 0.4) is 0 Å². The first-order chi connectivity index (χ1) is 6.88. The first kappa shape index (κ1) is 10.7. The van der Waals surface area contributed by atoms with Gasteiger partial charge in [-0.2, -0.15) is 0 Å². The summed E-state index contributed by atoms with van der Waals surface area (Å²) >= 11 is 0. The van der Waals surface area contributed by atoms with Crippen molar-refractivity contribution in [1.29, 1.82) is 0 Å². The zero-order valence-corrected chi connectivity index (χ0v) is 9.56. The summed E-state index contributed by atoms with van der Waals surface area (Å²) in [5.74, 6) is 0.289. The van der Waals surface area contributed by atoms with Gasteiger partial charge in [-0.15, -0.1) is 0 Å². The number of hydrogen-bond acceptors (Lipinski definition) is 3. The fraction of sp³-hybridized carbons (Fsp3) is 0.909. The third-order valence-corrected chi connectivity index (χ3v) is 3.20. The summed E-state index contributed by atoms with van der Waals surface area (Å²) < 4.78 is 5.31. The van der Waals surface area contributed by atoms with Crippen molar-refractivity contribution in [3.63, 3.8) is 0 Å². The average molecular weight is 213 g/mol. The number of aliphatic hydroxyl groups is 1. The SMILES string of the molecule is CC(C)(C)OC(=O)N1CC[C@H]2[C@H](O)C[C@H]21. The number of likely N-dealkylation sites (tertiary alicyclic amines) is 1. The minimum absolute atomic E-state index is 0.206. The number of aliphatic hydroxyl groups excluding tert-OH is 1. The van der Waals surface area contributed by atoms with Crippen LogP contribution in [0.1, 0.15) is 33.6 Å². The molecule has 15 heavy (non-hydrogen) atoms. The van der Waals surface area contributed by atoms with E-state index in [1.807, 2.05) is 20.8 Å². The van der Waals surface area contributed by atoms with Crippen molar-refractivity contribution in [2.75, 3.05) is 6.54 Å². The van der Waals surface area contributed by atoms with Gasteiger partial charge >= 0.3 is 6.09 Å². The maximum Gasteiger partial charge on any atom is 0.410 e. The molecule has 1 aliphatic carbocycles. The topological polar surface area (TPSA) is 49.8 Å². The monoisotopic (exact) mass is 213 g/mol. The van der Waals surface area contributed by atoms with Gasteiger partial charge in [-0.25, -0.2) is 4.79 Å². The van der Waals surface area contributed by atoms with Crippen LogP contribution in [-0.4, -0.2) is 40.4 Å². The lowest BCUT2D eigenvalue weighted by Crippen LogP contribution is -2.51. The Morgan fingerprint density at radius 3 is 2.60 bits per heavy atom. The van der Waals surface area contributed by atoms with Crippen LogP contribution in [0.25, 0.3) is 0 Å². The van der Waals surface area contributed by atoms with Gasteiger partial charge in [0.25, 0.3) is 0 Å². The van der Waals surface area contributed by atoms with Gasteiger partial charge in [0.1, 0.15) is 5.60 Å². The van der Waals surface area contributed by atoms with Gasteiger partial charge in [0, 0.05) is 18.5 Å². The largest absolute Gasteiger partial charge is 0.444 e. The lowest BCUT2D eigenvalue weighted by atomic mass is 9.77. The second-order valence-electron chi connectivity index (χ2n) is 5.50. The Morgan fingerprint density at radius 2 is 2.13 bits per heavy atom. The highest BCUT2D eigenvalue weighted by molar-refractivity contribution is 5.69. The van der Waals surface area contributed by atoms with Gasteiger partial charge in [0.2, 0.25) is 0 Å². The third kappa shape index (κ3) is 1.95. The van der Waals surface area contributed by atoms with Crippen LogP contribution in [0.5, 0.6) is 0 Å². The van der Waals surface area contributed by atoms with E-state index in [2.05, 4.69) is 0 Å². The number of hydrogen-bond donors (Lipinski definition) is 1. The summed E-state index contributed by atoms with van der Waals surface area (Å²) in [6.45, 7) is 6.33. The maximum atomic E-state index is 11.8. The Labute approximate surface area is 90.2 Å². The van der Waals surface area contributed by atoms with E-state index in [0.717, 1.165) is 13.0 Å². The quantitative estimate of drug-likeness (QED) is 0.661. The van der Waals surface area contributed by atoms with Gasteiger partial charge in [-0.05, 0) is 33.6 Å². The highest BCUT2D eigenvalue weighted by atomic mass is 16.6. The molecule has 1 N–H and O–H groups in total. The molecule has 2 fully saturated rings. The zero-order valence-electron chi connectivity index (χ0n) is 9.56. The minimum Gasteiger partial charge on any atom is -0.444 e. The maximum absolute atomic E-state index is 11.8. The Balaban J connectivity index is 1.93. The predicted molar refractivity (Wildman–Crippen MR) is 55.5 cm³/mol. The molecule has 0 aromatic carbocycles. The molecule has 0 aromatic heterocycles. The molecule has 1 aliphatic heterocycles. The summed E-state index contributed by atoms with van der Waals surface area (Å²) in [7, 11) is 0. The van der Waals surface area contributed by atoms with Crippen LogP contribution in [0, 0.1) is 5.92 Å². The lowest BCUT2D eigenvalue weighted by Gasteiger charge is -2.40. The fourth-order valence-electron chi connectivity index (χ4n) is 2.40. The van der Waals surface area contributed by atoms with E-state index in [0.29, 0.717) is 6.42 Å². The van der Waals surface area contributed by atoms with Crippen LogP contribution in [0.4, 0.5) is 4.79 Å². The molecule has 0 aromatic rings. The van der Waals surface area contributed by atoms with Crippen LogP contribution in [-0.2, 0) is 4.74 Å². The predicted octanol–water partition coefficient (Wildman–Crippen LogP) is 1.38. The van der Waals surface area contributed by atoms with Crippen molar-refractivity contribution >= 4 is 6.09 Å². The molecule has 2 rings (SSSR count). The second-order valence-corrected chi connectivity index (χ2v) is 5.50. The second kappa shape index (κ2) is 3.37. The molecule has 0 radical (unpaired) electrons. The lowest BCUT2D eigenvalue weighted by molar-refractivity contribution is -0.0330. The number of amides is 1. The summed E-state index contributed by atoms with van der Waals surface area (Å²) in [5, 5.41) is 9.47. The number of fused-ring (bicyclic) bond motifs is 1. The highest BCUT2D eigenvalue weighted by Crippen LogP contribution is 2.41. The molecule has 1 heterocycles. The van der Waals surface area contributed by atoms with E-state index >= 15 is 0 Å². The standard InChI is InChI=1S/C11H19NO3/c1-11(2,3)15-10(14)12-5-4-7-8(12)6-9(7)13/h7-9,13H,4-6H2,1-3H3/t7-,8-,9-/m1/s1. The number of carbonyl (C=O) groups is 1. The van der Waals surface area contributed by atoms with E-state index in [1.165, 1.54) is 0 Å². The highest BCUT2D eigenvalue weighted by Gasteiger charge is 2.50. The molecule has 1 saturated carbocycles. The molecule has 0 spiro atoms. The first-order valence-electron chi connectivity index (χ1n) is 5.56. The molecule has 86 valence electrons. The van der Waals surface area contributed by atoms with E-state index in [4.69, 9.17) is 4.74 Å². The summed E-state index contributed by atoms with van der Waals surface area (Å²) in [4.78, 5) is 13.5. The summed E-state index contributed by atoms with van der Waals surface area (Å²) in [5.41, 5.74) is -0.433. The summed E-state index contributed by atoms with van der Waals surface area (Å²) in [6.07, 6.45) is 1.18. The Hall–Kier alpha value is -0.770. The molecule has 4 nitrogen and oxygen atoms in total. The summed E-state index contributed by atoms with van der Waals surface area (Å²) in [6, 6.07) is 0.217. The molecule has 4 heteroatoms. The molecule has 0 unspecified atom stereocenters. The van der Waals surface area contributed by atoms with Crippen LogP contribution >= 0.6 is 0 Å². The van der Waals surface area contributed by atoms with Crippen molar-refractivity contribution < 1.29 is 14.6 Å². The number of nitrogens with zero attached hydrogens (tertiary/aromatic N) is 1. The molecule has 2 aliphatic rings. The fourth-order valence-corrected chi connectivity index (χ4v) is 2.40. The average Bonchev–Trinajstić information content (AvgIpc) is 2.38. The number of ether oxygens (including phenoxy) is 1. The van der Waals surface area contributed by atoms with Crippen LogP contribution in [0.15, 0.2) is 0 Å². The van der Waals surface area contributed by atoms with Crippen molar-refractivity contribution in [3.8, 4) is 0 Å². The van der Waals surface area contributed by atoms with E-state index in [-0.39, 0.29) is 24.2 Å². The van der Waals surface area contributed by atoms with Gasteiger partial charge in [0.15, 0.2) is 0 Å². The van der Waals surface area contributed by atoms with Gasteiger partial charge in [0.05, 0.1) is 6.10 Å². The molecular weight excluding hydrogens is 194 g/mol. The Morgan fingerprint density at radius 1 is 1.47 bits per heavy atom. The molecule has 0 bridgehead atoms. The zero-order chi connectivity index (χ0) is 11.2. The molecule has 1 amide bonds. The van der Waals surface area contributed by atoms with Gasteiger partial charge < -0.3 is 14.7 Å². The van der Waals surface area contributed by atoms with E-state index < -0.39 is 5.60 Å². The molecule has 3 atom stereocenters. The van der Waals surface area contributed by atoms with Gasteiger partial charge in [-0.1, -0.05) is 0 Å². The number of carbonyl (C=O) groups excluding carboxylic acids is 1. The van der Waals surface area contributed by atoms with E-state index in [9.17, 15) is 9.90 Å². The van der Waals surface area contributed by atoms with Crippen LogP contribution < -0.4 is 0 Å². The molecule has 1 saturated heterocycles. The minimum atomic E-state index is -0.433. The van der Waals surface area contributed by atoms with Crippen LogP contribution in [0.2, 0.25) is 0 Å². The first-order valence-corrected chi connectivity index (χ1v) is 5.56. The number of rotatable bonds is 0. The van der Waals surface area contributed by atoms with Crippen molar-refractivity contribution in [1.82, 2.24) is 4.90 Å². The van der Waals surface area contributed by atoms with E-state index in [1.54, 1.807) is 4.90 Å². The van der Waals surface area contributed by atoms with Crippen molar-refractivity contribution in [2.24, 2.45) is 5.92 Å². The Kier molecular flexibility index (Phi) is 2.41. The third-order valence-electron chi connectivity index (χ3n) is 3.20. The smallest absolute Gasteiger partial charge is 0.410 e.